The lowest BCUT2D eigenvalue weighted by atomic mass is 10.2. The van der Waals surface area contributed by atoms with Gasteiger partial charge in [0, 0.05) is 18.7 Å². The second-order valence-electron chi connectivity index (χ2n) is 4.02. The van der Waals surface area contributed by atoms with Crippen molar-refractivity contribution in [2.45, 2.75) is 6.61 Å². The maximum absolute atomic E-state index is 13.3. The van der Waals surface area contributed by atoms with E-state index < -0.39 is 53.1 Å². The summed E-state index contributed by atoms with van der Waals surface area (Å²) in [4.78, 5) is 22.3. The summed E-state index contributed by atoms with van der Waals surface area (Å²) in [5, 5.41) is 2.29. The highest BCUT2D eigenvalue weighted by Crippen LogP contribution is 2.23. The Morgan fingerprint density at radius 2 is 1.48 bits per heavy atom. The Morgan fingerprint density at radius 3 is 2.00 bits per heavy atom. The molecule has 0 aliphatic rings. The molecule has 0 saturated heterocycles. The third-order valence-corrected chi connectivity index (χ3v) is 2.45. The van der Waals surface area contributed by atoms with Gasteiger partial charge < -0.3 is 10.1 Å². The molecule has 1 aromatic carbocycles. The Hall–Kier alpha value is -2.71. The summed E-state index contributed by atoms with van der Waals surface area (Å²) in [6.07, 6.45) is 2.78. The minimum absolute atomic E-state index is 0.142. The van der Waals surface area contributed by atoms with E-state index in [0.29, 0.717) is 6.08 Å². The zero-order chi connectivity index (χ0) is 17.6. The van der Waals surface area contributed by atoms with E-state index >= 15 is 0 Å². The summed E-state index contributed by atoms with van der Waals surface area (Å²) in [6.45, 7) is 2.29. The fourth-order valence-corrected chi connectivity index (χ4v) is 1.34. The molecule has 1 amide bonds. The number of carbonyl (C=O) groups is 2. The van der Waals surface area contributed by atoms with Crippen molar-refractivity contribution in [3.63, 3.8) is 0 Å². The summed E-state index contributed by atoms with van der Waals surface area (Å²) in [5.74, 6) is -12.7. The summed E-state index contributed by atoms with van der Waals surface area (Å²) in [5.41, 5.74) is -1.29. The minimum Gasteiger partial charge on any atom is -0.457 e. The SMILES string of the molecule is C=CCNC(=O)/C=C/C(=O)OCc1c(F)c(F)c(F)c(F)c1F. The molecule has 23 heavy (non-hydrogen) atoms. The molecule has 0 bridgehead atoms. The van der Waals surface area contributed by atoms with Crippen LogP contribution in [-0.4, -0.2) is 18.4 Å². The van der Waals surface area contributed by atoms with Crippen molar-refractivity contribution in [2.24, 2.45) is 0 Å². The highest BCUT2D eigenvalue weighted by Gasteiger charge is 2.26. The van der Waals surface area contributed by atoms with Crippen molar-refractivity contribution in [1.29, 1.82) is 0 Å². The molecule has 0 heterocycles. The number of benzene rings is 1. The smallest absolute Gasteiger partial charge is 0.331 e. The van der Waals surface area contributed by atoms with E-state index in [1.165, 1.54) is 6.08 Å². The number of ether oxygens (including phenoxy) is 1. The van der Waals surface area contributed by atoms with E-state index in [-0.39, 0.29) is 6.54 Å². The third-order valence-electron chi connectivity index (χ3n) is 2.45. The monoisotopic (exact) mass is 335 g/mol. The van der Waals surface area contributed by atoms with Gasteiger partial charge in [-0.2, -0.15) is 0 Å². The zero-order valence-electron chi connectivity index (χ0n) is 11.5. The summed E-state index contributed by atoms with van der Waals surface area (Å²) < 4.78 is 69.6. The van der Waals surface area contributed by atoms with E-state index in [1.54, 1.807) is 0 Å². The molecule has 4 nitrogen and oxygen atoms in total. The van der Waals surface area contributed by atoms with E-state index in [2.05, 4.69) is 16.6 Å². The first-order valence-corrected chi connectivity index (χ1v) is 6.03. The van der Waals surface area contributed by atoms with E-state index in [9.17, 15) is 31.5 Å². The van der Waals surface area contributed by atoms with Gasteiger partial charge in [-0.25, -0.2) is 26.7 Å². The van der Waals surface area contributed by atoms with Crippen LogP contribution in [0.25, 0.3) is 0 Å². The van der Waals surface area contributed by atoms with Crippen molar-refractivity contribution < 1.29 is 36.3 Å². The number of nitrogens with one attached hydrogen (secondary N) is 1. The Balaban J connectivity index is 2.76. The normalized spacial score (nSPS) is 10.7. The molecular weight excluding hydrogens is 325 g/mol. The lowest BCUT2D eigenvalue weighted by molar-refractivity contribution is -0.139. The number of esters is 1. The van der Waals surface area contributed by atoms with Gasteiger partial charge >= 0.3 is 5.97 Å². The zero-order valence-corrected chi connectivity index (χ0v) is 11.5. The largest absolute Gasteiger partial charge is 0.457 e. The lowest BCUT2D eigenvalue weighted by Gasteiger charge is -2.08. The molecule has 9 heteroatoms. The quantitative estimate of drug-likeness (QED) is 0.217. The predicted octanol–water partition coefficient (Wildman–Crippen LogP) is 2.28. The minimum atomic E-state index is -2.31. The second-order valence-corrected chi connectivity index (χ2v) is 4.02. The molecule has 0 radical (unpaired) electrons. The average Bonchev–Trinajstić information content (AvgIpc) is 2.54. The molecule has 0 unspecified atom stereocenters. The van der Waals surface area contributed by atoms with Crippen LogP contribution in [0.4, 0.5) is 22.0 Å². The van der Waals surface area contributed by atoms with Crippen LogP contribution in [0, 0.1) is 29.1 Å². The topological polar surface area (TPSA) is 55.4 Å². The Labute approximate surface area is 127 Å². The van der Waals surface area contributed by atoms with E-state index in [0.717, 1.165) is 6.08 Å². The number of amides is 1. The highest BCUT2D eigenvalue weighted by atomic mass is 19.2. The van der Waals surface area contributed by atoms with Gasteiger partial charge in [-0.15, -0.1) is 6.58 Å². The molecule has 1 N–H and O–H groups in total. The molecule has 0 fully saturated rings. The van der Waals surface area contributed by atoms with Gasteiger partial charge in [0.1, 0.15) is 6.61 Å². The number of carbonyl (C=O) groups excluding carboxylic acids is 2. The second kappa shape index (κ2) is 8.06. The van der Waals surface area contributed by atoms with Crippen LogP contribution in [0.5, 0.6) is 0 Å². The standard InChI is InChI=1S/C14H10F5NO3/c1-2-5-20-8(21)3-4-9(22)23-6-7-10(15)12(17)14(19)13(18)11(7)16/h2-4H,1,5-6H2,(H,20,21)/b4-3+. The Kier molecular flexibility index (Phi) is 6.43. The predicted molar refractivity (Wildman–Crippen MR) is 68.4 cm³/mol. The molecule has 124 valence electrons. The van der Waals surface area contributed by atoms with E-state index in [4.69, 9.17) is 0 Å². The van der Waals surface area contributed by atoms with Crippen molar-refractivity contribution in [1.82, 2.24) is 5.32 Å². The fourth-order valence-electron chi connectivity index (χ4n) is 1.34. The molecule has 0 aromatic heterocycles. The van der Waals surface area contributed by atoms with Crippen molar-refractivity contribution in [3.05, 3.63) is 59.5 Å². The van der Waals surface area contributed by atoms with E-state index in [1.807, 2.05) is 0 Å². The van der Waals surface area contributed by atoms with Gasteiger partial charge in [0.15, 0.2) is 23.3 Å². The molecular formula is C14H10F5NO3. The molecule has 1 aromatic rings. The van der Waals surface area contributed by atoms with Crippen molar-refractivity contribution in [3.8, 4) is 0 Å². The van der Waals surface area contributed by atoms with Gasteiger partial charge in [0.2, 0.25) is 11.7 Å². The van der Waals surface area contributed by atoms with Crippen molar-refractivity contribution in [2.75, 3.05) is 6.54 Å². The Morgan fingerprint density at radius 1 is 0.957 bits per heavy atom. The molecule has 0 spiro atoms. The van der Waals surface area contributed by atoms with Crippen LogP contribution in [0.15, 0.2) is 24.8 Å². The summed E-state index contributed by atoms with van der Waals surface area (Å²) in [7, 11) is 0. The van der Waals surface area contributed by atoms with Crippen LogP contribution in [-0.2, 0) is 20.9 Å². The number of hydrogen-bond donors (Lipinski definition) is 1. The van der Waals surface area contributed by atoms with Crippen LogP contribution in [0.3, 0.4) is 0 Å². The van der Waals surface area contributed by atoms with Gasteiger partial charge in [-0.05, 0) is 0 Å². The first kappa shape index (κ1) is 18.3. The summed E-state index contributed by atoms with van der Waals surface area (Å²) in [6, 6.07) is 0. The van der Waals surface area contributed by atoms with Gasteiger partial charge in [0.05, 0.1) is 5.56 Å². The van der Waals surface area contributed by atoms with Crippen LogP contribution >= 0.6 is 0 Å². The van der Waals surface area contributed by atoms with Crippen LogP contribution < -0.4 is 5.32 Å². The van der Waals surface area contributed by atoms with Crippen molar-refractivity contribution >= 4 is 11.9 Å². The molecule has 0 saturated carbocycles. The molecule has 0 aliphatic heterocycles. The van der Waals surface area contributed by atoms with Gasteiger partial charge in [-0.1, -0.05) is 6.08 Å². The maximum atomic E-state index is 13.3. The summed E-state index contributed by atoms with van der Waals surface area (Å²) >= 11 is 0. The maximum Gasteiger partial charge on any atom is 0.331 e. The number of halogens is 5. The van der Waals surface area contributed by atoms with Crippen LogP contribution in [0.2, 0.25) is 0 Å². The number of hydrogen-bond acceptors (Lipinski definition) is 3. The third kappa shape index (κ3) is 4.63. The van der Waals surface area contributed by atoms with Crippen LogP contribution in [0.1, 0.15) is 5.56 Å². The highest BCUT2D eigenvalue weighted by molar-refractivity contribution is 5.94. The average molecular weight is 335 g/mol. The first-order chi connectivity index (χ1) is 10.8. The van der Waals surface area contributed by atoms with Gasteiger partial charge in [0.25, 0.3) is 0 Å². The fraction of sp³-hybridized carbons (Fsp3) is 0.143. The Bertz CT molecular complexity index is 644. The number of rotatable bonds is 6. The van der Waals surface area contributed by atoms with Gasteiger partial charge in [-0.3, -0.25) is 4.79 Å². The molecule has 0 atom stereocenters. The first-order valence-electron chi connectivity index (χ1n) is 6.03. The lowest BCUT2D eigenvalue weighted by Crippen LogP contribution is -2.21. The molecule has 0 aliphatic carbocycles. The molecule has 1 rings (SSSR count).